The van der Waals surface area contributed by atoms with Crippen LogP contribution in [-0.2, 0) is 11.2 Å². The zero-order chi connectivity index (χ0) is 27.1. The number of methoxy groups -OCH3 is 1. The molecule has 0 radical (unpaired) electrons. The van der Waals surface area contributed by atoms with Crippen molar-refractivity contribution in [3.8, 4) is 5.75 Å². The van der Waals surface area contributed by atoms with Crippen molar-refractivity contribution in [3.05, 3.63) is 29.8 Å². The first-order chi connectivity index (χ1) is 18.2. The van der Waals surface area contributed by atoms with Crippen molar-refractivity contribution < 1.29 is 19.7 Å². The predicted octanol–water partition coefficient (Wildman–Crippen LogP) is 5.76. The zero-order valence-electron chi connectivity index (χ0n) is 24.1. The molecule has 0 bridgehead atoms. The van der Waals surface area contributed by atoms with Gasteiger partial charge >= 0.3 is 0 Å². The van der Waals surface area contributed by atoms with Crippen LogP contribution in [0.25, 0.3) is 0 Å². The lowest BCUT2D eigenvalue weighted by Crippen LogP contribution is -2.58. The van der Waals surface area contributed by atoms with Crippen LogP contribution in [0.15, 0.2) is 24.3 Å². The van der Waals surface area contributed by atoms with E-state index < -0.39 is 0 Å². The molecule has 5 heteroatoms. The minimum atomic E-state index is -0.226. The Bertz CT molecular complexity index is 981. The fourth-order valence-electron chi connectivity index (χ4n) is 10.1. The summed E-state index contributed by atoms with van der Waals surface area (Å²) in [7, 11) is 1.69. The highest BCUT2D eigenvalue weighted by Crippen LogP contribution is 2.68. The fourth-order valence-corrected chi connectivity index (χ4v) is 10.1. The average molecular weight is 526 g/mol. The maximum atomic E-state index is 12.7. The van der Waals surface area contributed by atoms with Crippen molar-refractivity contribution in [2.75, 3.05) is 13.7 Å². The van der Waals surface area contributed by atoms with Gasteiger partial charge in [-0.05, 0) is 122 Å². The molecule has 5 nitrogen and oxygen atoms in total. The molecule has 3 N–H and O–H groups in total. The Morgan fingerprint density at radius 2 is 1.79 bits per heavy atom. The summed E-state index contributed by atoms with van der Waals surface area (Å²) in [6, 6.07) is 8.00. The molecule has 4 aliphatic rings. The number of aliphatic hydroxyl groups excluding tert-OH is 2. The Labute approximate surface area is 230 Å². The smallest absolute Gasteiger partial charge is 0.220 e. The number of para-hydroxylation sites is 1. The van der Waals surface area contributed by atoms with Crippen molar-refractivity contribution in [2.45, 2.75) is 104 Å². The number of ether oxygens (including phenoxy) is 1. The summed E-state index contributed by atoms with van der Waals surface area (Å²) in [4.78, 5) is 12.7. The number of carbonyl (C=O) groups is 1. The highest BCUT2D eigenvalue weighted by molar-refractivity contribution is 5.75. The largest absolute Gasteiger partial charge is 0.496 e. The second kappa shape index (κ2) is 11.1. The lowest BCUT2D eigenvalue weighted by Gasteiger charge is -2.62. The molecule has 0 unspecified atom stereocenters. The van der Waals surface area contributed by atoms with Crippen LogP contribution in [-0.4, -0.2) is 42.0 Å². The summed E-state index contributed by atoms with van der Waals surface area (Å²) < 4.78 is 5.43. The topological polar surface area (TPSA) is 78.8 Å². The average Bonchev–Trinajstić information content (AvgIpc) is 3.26. The molecular formula is C33H51NO4. The molecule has 10 atom stereocenters. The third kappa shape index (κ3) is 5.03. The Morgan fingerprint density at radius 1 is 1.05 bits per heavy atom. The standard InChI is InChI=1S/C33H51NO4/c1-21(9-12-30(37)34-18-15-22-7-5-6-8-29(22)38-4)25-10-11-26-31-27(14-17-33(25,26)3)32(2)16-13-24(35)19-23(32)20-28(31)36/h5-8,21,23-28,31,35-36H,9-20H2,1-4H3,(H,34,37)/t21-,23+,24-,25-,26+,27+,28+,31+,32+,33-/m0/s1. The van der Waals surface area contributed by atoms with Gasteiger partial charge < -0.3 is 20.3 Å². The molecule has 0 spiro atoms. The van der Waals surface area contributed by atoms with Crippen molar-refractivity contribution >= 4 is 5.91 Å². The van der Waals surface area contributed by atoms with Crippen LogP contribution in [0.5, 0.6) is 5.75 Å². The lowest BCUT2D eigenvalue weighted by molar-refractivity contribution is -0.174. The molecule has 1 aromatic rings. The van der Waals surface area contributed by atoms with Gasteiger partial charge in [0.15, 0.2) is 0 Å². The van der Waals surface area contributed by atoms with Crippen LogP contribution >= 0.6 is 0 Å². The molecule has 0 heterocycles. The molecule has 0 saturated heterocycles. The van der Waals surface area contributed by atoms with E-state index in [1.807, 2.05) is 18.2 Å². The molecule has 1 aromatic carbocycles. The Kier molecular flexibility index (Phi) is 8.18. The quantitative estimate of drug-likeness (QED) is 0.403. The van der Waals surface area contributed by atoms with Crippen LogP contribution in [0, 0.1) is 46.3 Å². The molecule has 4 saturated carbocycles. The van der Waals surface area contributed by atoms with E-state index >= 15 is 0 Å². The molecule has 38 heavy (non-hydrogen) atoms. The van der Waals surface area contributed by atoms with Crippen molar-refractivity contribution in [1.82, 2.24) is 5.32 Å². The highest BCUT2D eigenvalue weighted by atomic mass is 16.5. The van der Waals surface area contributed by atoms with Crippen molar-refractivity contribution in [3.63, 3.8) is 0 Å². The van der Waals surface area contributed by atoms with Crippen LogP contribution in [0.4, 0.5) is 0 Å². The minimum Gasteiger partial charge on any atom is -0.496 e. The summed E-state index contributed by atoms with van der Waals surface area (Å²) >= 11 is 0. The van der Waals surface area contributed by atoms with Gasteiger partial charge in [-0.3, -0.25) is 4.79 Å². The monoisotopic (exact) mass is 525 g/mol. The zero-order valence-corrected chi connectivity index (χ0v) is 24.1. The van der Waals surface area contributed by atoms with Crippen LogP contribution in [0.3, 0.4) is 0 Å². The van der Waals surface area contributed by atoms with Gasteiger partial charge in [-0.2, -0.15) is 0 Å². The van der Waals surface area contributed by atoms with Crippen molar-refractivity contribution in [1.29, 1.82) is 0 Å². The molecule has 4 fully saturated rings. The van der Waals surface area contributed by atoms with Crippen molar-refractivity contribution in [2.24, 2.45) is 46.3 Å². The van der Waals surface area contributed by atoms with Gasteiger partial charge in [-0.1, -0.05) is 39.0 Å². The fraction of sp³-hybridized carbons (Fsp3) is 0.788. The summed E-state index contributed by atoms with van der Waals surface area (Å²) in [5.41, 5.74) is 1.66. The van der Waals surface area contributed by atoms with Crippen LogP contribution in [0.1, 0.15) is 90.5 Å². The van der Waals surface area contributed by atoms with Gasteiger partial charge in [0, 0.05) is 13.0 Å². The predicted molar refractivity (Wildman–Crippen MR) is 151 cm³/mol. The third-order valence-electron chi connectivity index (χ3n) is 12.2. The van der Waals surface area contributed by atoms with E-state index in [4.69, 9.17) is 4.74 Å². The Hall–Kier alpha value is -1.59. The second-order valence-corrected chi connectivity index (χ2v) is 13.9. The normalized spacial score (nSPS) is 40.9. The summed E-state index contributed by atoms with van der Waals surface area (Å²) in [6.07, 6.45) is 10.6. The van der Waals surface area contributed by atoms with Crippen LogP contribution < -0.4 is 10.1 Å². The lowest BCUT2D eigenvalue weighted by atomic mass is 9.43. The van der Waals surface area contributed by atoms with Gasteiger partial charge in [0.25, 0.3) is 0 Å². The van der Waals surface area contributed by atoms with Gasteiger partial charge in [0.05, 0.1) is 19.3 Å². The van der Waals surface area contributed by atoms with Gasteiger partial charge in [-0.25, -0.2) is 0 Å². The number of hydrogen-bond acceptors (Lipinski definition) is 4. The summed E-state index contributed by atoms with van der Waals surface area (Å²) in [5, 5.41) is 24.9. The Morgan fingerprint density at radius 3 is 2.58 bits per heavy atom. The number of nitrogens with one attached hydrogen (secondary N) is 1. The number of hydrogen-bond donors (Lipinski definition) is 3. The molecule has 0 aliphatic heterocycles. The number of carbonyl (C=O) groups excluding carboxylic acids is 1. The van der Waals surface area contributed by atoms with E-state index in [0.717, 1.165) is 49.8 Å². The SMILES string of the molecule is COc1ccccc1CCNC(=O)CC[C@H](C)[C@@H]1CC[C@@H]2[C@H]3[C@H](O)C[C@H]4C[C@@H](O)CC[C@@]4(C)[C@@H]3CC[C@]21C. The molecule has 1 amide bonds. The number of benzene rings is 1. The number of amides is 1. The van der Waals surface area contributed by atoms with E-state index in [2.05, 4.69) is 32.2 Å². The van der Waals surface area contributed by atoms with Gasteiger partial charge in [0.2, 0.25) is 5.91 Å². The maximum Gasteiger partial charge on any atom is 0.220 e. The van der Waals surface area contributed by atoms with E-state index in [9.17, 15) is 15.0 Å². The molecular weight excluding hydrogens is 474 g/mol. The number of rotatable bonds is 8. The van der Waals surface area contributed by atoms with E-state index in [0.29, 0.717) is 48.5 Å². The third-order valence-corrected chi connectivity index (χ3v) is 12.2. The molecule has 0 aromatic heterocycles. The van der Waals surface area contributed by atoms with Gasteiger partial charge in [0.1, 0.15) is 5.75 Å². The summed E-state index contributed by atoms with van der Waals surface area (Å²) in [6.45, 7) is 8.00. The first kappa shape index (κ1) is 28.0. The maximum absolute atomic E-state index is 12.7. The van der Waals surface area contributed by atoms with Crippen LogP contribution in [0.2, 0.25) is 0 Å². The van der Waals surface area contributed by atoms with E-state index in [1.54, 1.807) is 7.11 Å². The minimum absolute atomic E-state index is 0.149. The number of fused-ring (bicyclic) bond motifs is 5. The van der Waals surface area contributed by atoms with E-state index in [-0.39, 0.29) is 28.9 Å². The first-order valence-electron chi connectivity index (χ1n) is 15.4. The molecule has 4 aliphatic carbocycles. The molecule has 212 valence electrons. The molecule has 5 rings (SSSR count). The second-order valence-electron chi connectivity index (χ2n) is 13.9. The Balaban J connectivity index is 1.16. The highest BCUT2D eigenvalue weighted by Gasteiger charge is 2.62. The van der Waals surface area contributed by atoms with E-state index in [1.165, 1.54) is 25.7 Å². The van der Waals surface area contributed by atoms with Gasteiger partial charge in [-0.15, -0.1) is 0 Å². The number of aliphatic hydroxyl groups is 2. The summed E-state index contributed by atoms with van der Waals surface area (Å²) in [5.74, 6) is 4.20. The first-order valence-corrected chi connectivity index (χ1v) is 15.4.